The number of unbranched alkanes of at least 4 members (excludes halogenated alkanes) is 1. The molecule has 94 valence electrons. The first-order valence-electron chi connectivity index (χ1n) is 6.46. The molecule has 1 rings (SSSR count). The maximum absolute atomic E-state index is 11.7. The molecule has 0 aliphatic carbocycles. The summed E-state index contributed by atoms with van der Waals surface area (Å²) in [6.45, 7) is 4.15. The van der Waals surface area contributed by atoms with Gasteiger partial charge in [-0.25, -0.2) is 0 Å². The summed E-state index contributed by atoms with van der Waals surface area (Å²) in [5.74, 6) is -0.681. The number of carboxylic acid groups (broad SMARTS) is 1. The van der Waals surface area contributed by atoms with Crippen molar-refractivity contribution in [2.75, 3.05) is 0 Å². The molecule has 0 spiro atoms. The maximum atomic E-state index is 11.7. The molecule has 1 aromatic carbocycles. The number of benzene rings is 1. The number of hydrogen-bond donors (Lipinski definition) is 1. The fraction of sp³-hybridized carbons (Fsp3) is 0.533. The van der Waals surface area contributed by atoms with Crippen molar-refractivity contribution < 1.29 is 9.90 Å². The lowest BCUT2D eigenvalue weighted by molar-refractivity contribution is -0.144. The van der Waals surface area contributed by atoms with E-state index in [0.717, 1.165) is 31.2 Å². The van der Waals surface area contributed by atoms with E-state index in [0.29, 0.717) is 6.42 Å². The third-order valence-corrected chi connectivity index (χ3v) is 3.37. The number of carbonyl (C=O) groups is 1. The Balaban J connectivity index is 3.10. The summed E-state index contributed by atoms with van der Waals surface area (Å²) in [5, 5.41) is 9.63. The van der Waals surface area contributed by atoms with Gasteiger partial charge in [0.1, 0.15) is 0 Å². The molecule has 0 bridgehead atoms. The quantitative estimate of drug-likeness (QED) is 0.774. The average molecular weight is 234 g/mol. The SMILES string of the molecule is CCCCC(CCC)(C(=O)O)c1ccccc1. The van der Waals surface area contributed by atoms with Gasteiger partial charge in [0.15, 0.2) is 0 Å². The molecule has 0 saturated carbocycles. The molecule has 0 heterocycles. The molecule has 2 heteroatoms. The fourth-order valence-electron chi connectivity index (χ4n) is 2.41. The first-order valence-corrected chi connectivity index (χ1v) is 6.46. The largest absolute Gasteiger partial charge is 0.481 e. The van der Waals surface area contributed by atoms with Gasteiger partial charge in [-0.3, -0.25) is 4.79 Å². The Morgan fingerprint density at radius 1 is 1.12 bits per heavy atom. The van der Waals surface area contributed by atoms with Crippen LogP contribution in [0.2, 0.25) is 0 Å². The lowest BCUT2D eigenvalue weighted by atomic mass is 9.73. The van der Waals surface area contributed by atoms with Gasteiger partial charge < -0.3 is 5.11 Å². The Bertz CT molecular complexity index is 345. The van der Waals surface area contributed by atoms with Crippen molar-refractivity contribution in [3.63, 3.8) is 0 Å². The molecule has 0 amide bonds. The maximum Gasteiger partial charge on any atom is 0.314 e. The van der Waals surface area contributed by atoms with E-state index in [4.69, 9.17) is 0 Å². The Hall–Kier alpha value is -1.31. The molecule has 0 aliphatic heterocycles. The summed E-state index contributed by atoms with van der Waals surface area (Å²) in [6, 6.07) is 9.67. The van der Waals surface area contributed by atoms with E-state index in [1.165, 1.54) is 0 Å². The third kappa shape index (κ3) is 3.09. The van der Waals surface area contributed by atoms with Crippen LogP contribution in [0.1, 0.15) is 51.5 Å². The molecule has 17 heavy (non-hydrogen) atoms. The summed E-state index contributed by atoms with van der Waals surface area (Å²) < 4.78 is 0. The normalized spacial score (nSPS) is 14.2. The van der Waals surface area contributed by atoms with Crippen molar-refractivity contribution in [3.8, 4) is 0 Å². The van der Waals surface area contributed by atoms with Crippen molar-refractivity contribution >= 4 is 5.97 Å². The molecule has 2 nitrogen and oxygen atoms in total. The van der Waals surface area contributed by atoms with Gasteiger partial charge in [-0.2, -0.15) is 0 Å². The molecule has 0 radical (unpaired) electrons. The number of rotatable bonds is 7. The van der Waals surface area contributed by atoms with E-state index < -0.39 is 11.4 Å². The molecule has 1 aromatic rings. The number of hydrogen-bond acceptors (Lipinski definition) is 1. The highest BCUT2D eigenvalue weighted by molar-refractivity contribution is 5.81. The summed E-state index contributed by atoms with van der Waals surface area (Å²) in [4.78, 5) is 11.7. The van der Waals surface area contributed by atoms with Crippen molar-refractivity contribution in [2.45, 2.75) is 51.4 Å². The summed E-state index contributed by atoms with van der Waals surface area (Å²) in [7, 11) is 0. The van der Waals surface area contributed by atoms with Gasteiger partial charge in [-0.05, 0) is 18.4 Å². The Morgan fingerprint density at radius 3 is 2.24 bits per heavy atom. The zero-order chi connectivity index (χ0) is 12.7. The second kappa shape index (κ2) is 6.43. The van der Waals surface area contributed by atoms with E-state index in [2.05, 4.69) is 6.92 Å². The van der Waals surface area contributed by atoms with E-state index >= 15 is 0 Å². The summed E-state index contributed by atoms with van der Waals surface area (Å²) >= 11 is 0. The third-order valence-electron chi connectivity index (χ3n) is 3.37. The van der Waals surface area contributed by atoms with Crippen LogP contribution in [0.5, 0.6) is 0 Å². The van der Waals surface area contributed by atoms with Crippen LogP contribution in [0.3, 0.4) is 0 Å². The zero-order valence-electron chi connectivity index (χ0n) is 10.8. The minimum Gasteiger partial charge on any atom is -0.481 e. The molecule has 0 saturated heterocycles. The summed E-state index contributed by atoms with van der Waals surface area (Å²) in [5.41, 5.74) is 0.259. The molecule has 0 fully saturated rings. The van der Waals surface area contributed by atoms with Gasteiger partial charge in [0.05, 0.1) is 5.41 Å². The second-order valence-corrected chi connectivity index (χ2v) is 4.61. The molecule has 1 N–H and O–H groups in total. The van der Waals surface area contributed by atoms with E-state index in [1.54, 1.807) is 0 Å². The molecular weight excluding hydrogens is 212 g/mol. The Morgan fingerprint density at radius 2 is 1.76 bits per heavy atom. The van der Waals surface area contributed by atoms with Gasteiger partial charge in [-0.1, -0.05) is 63.4 Å². The molecule has 1 unspecified atom stereocenters. The lowest BCUT2D eigenvalue weighted by Crippen LogP contribution is -2.35. The summed E-state index contributed by atoms with van der Waals surface area (Å²) in [6.07, 6.45) is 4.33. The Labute approximate surface area is 104 Å². The van der Waals surface area contributed by atoms with E-state index in [-0.39, 0.29) is 0 Å². The van der Waals surface area contributed by atoms with Gasteiger partial charge in [0, 0.05) is 0 Å². The molecule has 1 atom stereocenters. The van der Waals surface area contributed by atoms with Gasteiger partial charge in [0.2, 0.25) is 0 Å². The predicted molar refractivity (Wildman–Crippen MR) is 70.2 cm³/mol. The standard InChI is InChI=1S/C15H22O2/c1-3-5-12-15(11-4-2,14(16)17)13-9-7-6-8-10-13/h6-10H,3-5,11-12H2,1-2H3,(H,16,17). The lowest BCUT2D eigenvalue weighted by Gasteiger charge is -2.29. The van der Waals surface area contributed by atoms with Crippen LogP contribution < -0.4 is 0 Å². The van der Waals surface area contributed by atoms with Gasteiger partial charge in [-0.15, -0.1) is 0 Å². The number of carboxylic acids is 1. The van der Waals surface area contributed by atoms with Crippen LogP contribution in [0.15, 0.2) is 30.3 Å². The minimum atomic E-state index is -0.688. The van der Waals surface area contributed by atoms with Crippen LogP contribution in [0.25, 0.3) is 0 Å². The zero-order valence-corrected chi connectivity index (χ0v) is 10.8. The average Bonchev–Trinajstić information content (AvgIpc) is 2.35. The van der Waals surface area contributed by atoms with E-state index in [9.17, 15) is 9.90 Å². The molecular formula is C15H22O2. The van der Waals surface area contributed by atoms with Crippen molar-refractivity contribution in [2.24, 2.45) is 0 Å². The van der Waals surface area contributed by atoms with Crippen LogP contribution >= 0.6 is 0 Å². The highest BCUT2D eigenvalue weighted by Gasteiger charge is 2.38. The van der Waals surface area contributed by atoms with Crippen LogP contribution in [0.4, 0.5) is 0 Å². The monoisotopic (exact) mass is 234 g/mol. The fourth-order valence-corrected chi connectivity index (χ4v) is 2.41. The smallest absolute Gasteiger partial charge is 0.314 e. The van der Waals surface area contributed by atoms with E-state index in [1.807, 2.05) is 37.3 Å². The number of aliphatic carboxylic acids is 1. The second-order valence-electron chi connectivity index (χ2n) is 4.61. The highest BCUT2D eigenvalue weighted by atomic mass is 16.4. The predicted octanol–water partition coefficient (Wildman–Crippen LogP) is 4.00. The van der Waals surface area contributed by atoms with Crippen molar-refractivity contribution in [1.82, 2.24) is 0 Å². The highest BCUT2D eigenvalue weighted by Crippen LogP contribution is 2.35. The van der Waals surface area contributed by atoms with Crippen LogP contribution in [-0.4, -0.2) is 11.1 Å². The Kier molecular flexibility index (Phi) is 5.20. The van der Waals surface area contributed by atoms with Crippen molar-refractivity contribution in [3.05, 3.63) is 35.9 Å². The first kappa shape index (κ1) is 13.8. The molecule has 0 aromatic heterocycles. The first-order chi connectivity index (χ1) is 8.17. The van der Waals surface area contributed by atoms with Crippen LogP contribution in [0, 0.1) is 0 Å². The van der Waals surface area contributed by atoms with Crippen LogP contribution in [-0.2, 0) is 10.2 Å². The van der Waals surface area contributed by atoms with Gasteiger partial charge in [0.25, 0.3) is 0 Å². The molecule has 0 aliphatic rings. The van der Waals surface area contributed by atoms with Crippen molar-refractivity contribution in [1.29, 1.82) is 0 Å². The van der Waals surface area contributed by atoms with Gasteiger partial charge >= 0.3 is 5.97 Å². The minimum absolute atomic E-state index is 0.681. The topological polar surface area (TPSA) is 37.3 Å².